The zero-order chi connectivity index (χ0) is 20.9. The molecule has 1 aliphatic rings. The van der Waals surface area contributed by atoms with Crippen LogP contribution < -0.4 is 10.1 Å². The molecule has 2 aromatic carbocycles. The van der Waals surface area contributed by atoms with Crippen LogP contribution in [-0.4, -0.2) is 38.8 Å². The van der Waals surface area contributed by atoms with Crippen molar-refractivity contribution < 1.29 is 17.9 Å². The average Bonchev–Trinajstić information content (AvgIpc) is 3.03. The Morgan fingerprint density at radius 1 is 1.03 bits per heavy atom. The van der Waals surface area contributed by atoms with Gasteiger partial charge in [-0.15, -0.1) is 0 Å². The van der Waals surface area contributed by atoms with E-state index >= 15 is 0 Å². The first-order chi connectivity index (χ1) is 13.9. The quantitative estimate of drug-likeness (QED) is 0.782. The van der Waals surface area contributed by atoms with Crippen LogP contribution in [0.15, 0.2) is 47.4 Å². The molecule has 29 heavy (non-hydrogen) atoms. The van der Waals surface area contributed by atoms with Crippen LogP contribution in [0, 0.1) is 6.92 Å². The number of ether oxygens (including phenoxy) is 1. The van der Waals surface area contributed by atoms with Crippen molar-refractivity contribution in [2.75, 3.05) is 20.2 Å². The van der Waals surface area contributed by atoms with Crippen molar-refractivity contribution in [2.45, 2.75) is 44.0 Å². The fourth-order valence-corrected chi connectivity index (χ4v) is 5.00. The molecule has 156 valence electrons. The summed E-state index contributed by atoms with van der Waals surface area (Å²) < 4.78 is 32.8. The average molecular weight is 417 g/mol. The molecule has 0 aromatic heterocycles. The van der Waals surface area contributed by atoms with Gasteiger partial charge in [0, 0.05) is 25.2 Å². The number of sulfonamides is 1. The lowest BCUT2D eigenvalue weighted by molar-refractivity contribution is 0.0950. The number of carbonyl (C=O) groups is 1. The molecular formula is C22H28N2O4S. The minimum atomic E-state index is -3.59. The van der Waals surface area contributed by atoms with E-state index in [1.165, 1.54) is 6.07 Å². The Labute approximate surface area is 172 Å². The fraction of sp³-hybridized carbons (Fsp3) is 0.409. The van der Waals surface area contributed by atoms with Crippen molar-refractivity contribution >= 4 is 15.9 Å². The lowest BCUT2D eigenvalue weighted by atomic mass is 10.1. The number of nitrogens with one attached hydrogen (secondary N) is 1. The highest BCUT2D eigenvalue weighted by Gasteiger charge is 2.26. The van der Waals surface area contributed by atoms with E-state index in [9.17, 15) is 13.2 Å². The van der Waals surface area contributed by atoms with Gasteiger partial charge in [0.1, 0.15) is 5.75 Å². The van der Waals surface area contributed by atoms with Crippen molar-refractivity contribution in [3.8, 4) is 5.75 Å². The van der Waals surface area contributed by atoms with Gasteiger partial charge in [-0.25, -0.2) is 8.42 Å². The van der Waals surface area contributed by atoms with E-state index in [1.54, 1.807) is 23.5 Å². The highest BCUT2D eigenvalue weighted by Crippen LogP contribution is 2.23. The maximum Gasteiger partial charge on any atom is 0.251 e. The van der Waals surface area contributed by atoms with Gasteiger partial charge in [0.15, 0.2) is 0 Å². The van der Waals surface area contributed by atoms with Gasteiger partial charge in [-0.2, -0.15) is 4.31 Å². The Kier molecular flexibility index (Phi) is 6.92. The molecule has 1 fully saturated rings. The fourth-order valence-electron chi connectivity index (χ4n) is 3.46. The predicted octanol–water partition coefficient (Wildman–Crippen LogP) is 3.50. The summed E-state index contributed by atoms with van der Waals surface area (Å²) in [6.45, 7) is 3.24. The number of amides is 1. The van der Waals surface area contributed by atoms with Gasteiger partial charge >= 0.3 is 0 Å². The molecule has 1 N–H and O–H groups in total. The molecule has 2 aromatic rings. The number of methoxy groups -OCH3 is 1. The molecule has 1 saturated heterocycles. The molecule has 0 bridgehead atoms. The van der Waals surface area contributed by atoms with Crippen molar-refractivity contribution in [1.29, 1.82) is 0 Å². The second kappa shape index (κ2) is 9.41. The summed E-state index contributed by atoms with van der Waals surface area (Å²) in [5.74, 6) is 0.466. The van der Waals surface area contributed by atoms with E-state index < -0.39 is 10.0 Å². The summed E-state index contributed by atoms with van der Waals surface area (Å²) in [4.78, 5) is 12.9. The number of carbonyl (C=O) groups excluding carboxylic acids is 1. The molecule has 3 rings (SSSR count). The van der Waals surface area contributed by atoms with Crippen molar-refractivity contribution in [3.63, 3.8) is 0 Å². The zero-order valence-corrected chi connectivity index (χ0v) is 17.8. The van der Waals surface area contributed by atoms with Gasteiger partial charge < -0.3 is 10.1 Å². The molecule has 7 heteroatoms. The zero-order valence-electron chi connectivity index (χ0n) is 17.0. The highest BCUT2D eigenvalue weighted by atomic mass is 32.2. The maximum absolute atomic E-state index is 13.0. The second-order valence-corrected chi connectivity index (χ2v) is 9.26. The predicted molar refractivity (Wildman–Crippen MR) is 113 cm³/mol. The number of rotatable bonds is 6. The van der Waals surface area contributed by atoms with E-state index in [2.05, 4.69) is 5.32 Å². The number of benzene rings is 2. The molecule has 0 saturated carbocycles. The molecule has 0 aliphatic carbocycles. The third-order valence-electron chi connectivity index (χ3n) is 5.27. The topological polar surface area (TPSA) is 75.7 Å². The lowest BCUT2D eigenvalue weighted by Crippen LogP contribution is -2.32. The largest absolute Gasteiger partial charge is 0.497 e. The SMILES string of the molecule is COc1ccc(CNC(=O)c2cc(S(=O)(=O)N3CCCCCC3)ccc2C)cc1. The minimum absolute atomic E-state index is 0.180. The first-order valence-electron chi connectivity index (χ1n) is 9.94. The van der Waals surface area contributed by atoms with Crippen LogP contribution in [0.4, 0.5) is 0 Å². The Morgan fingerprint density at radius 3 is 2.31 bits per heavy atom. The van der Waals surface area contributed by atoms with Gasteiger partial charge in [0.05, 0.1) is 12.0 Å². The molecule has 0 spiro atoms. The Morgan fingerprint density at radius 2 is 1.69 bits per heavy atom. The van der Waals surface area contributed by atoms with Crippen LogP contribution >= 0.6 is 0 Å². The number of nitrogens with zero attached hydrogens (tertiary/aromatic N) is 1. The molecule has 6 nitrogen and oxygen atoms in total. The third-order valence-corrected chi connectivity index (χ3v) is 7.16. The second-order valence-electron chi connectivity index (χ2n) is 7.33. The molecule has 1 aliphatic heterocycles. The number of aryl methyl sites for hydroxylation is 1. The van der Waals surface area contributed by atoms with Crippen LogP contribution in [0.3, 0.4) is 0 Å². The van der Waals surface area contributed by atoms with Gasteiger partial charge in [0.2, 0.25) is 10.0 Å². The molecule has 1 amide bonds. The lowest BCUT2D eigenvalue weighted by Gasteiger charge is -2.20. The minimum Gasteiger partial charge on any atom is -0.497 e. The van der Waals surface area contributed by atoms with Crippen LogP contribution in [0.1, 0.15) is 47.2 Å². The van der Waals surface area contributed by atoms with Crippen molar-refractivity contribution in [1.82, 2.24) is 9.62 Å². The van der Waals surface area contributed by atoms with E-state index in [-0.39, 0.29) is 10.8 Å². The van der Waals surface area contributed by atoms with Gasteiger partial charge in [0.25, 0.3) is 5.91 Å². The molecule has 0 atom stereocenters. The van der Waals surface area contributed by atoms with Crippen LogP contribution in [0.2, 0.25) is 0 Å². The smallest absolute Gasteiger partial charge is 0.251 e. The Bertz CT molecular complexity index is 947. The first kappa shape index (κ1) is 21.3. The van der Waals surface area contributed by atoms with E-state index in [1.807, 2.05) is 31.2 Å². The van der Waals surface area contributed by atoms with Crippen LogP contribution in [0.5, 0.6) is 5.75 Å². The Balaban J connectivity index is 1.75. The van der Waals surface area contributed by atoms with Crippen LogP contribution in [0.25, 0.3) is 0 Å². The summed E-state index contributed by atoms with van der Waals surface area (Å²) in [6, 6.07) is 12.2. The van der Waals surface area contributed by atoms with E-state index in [0.717, 1.165) is 42.6 Å². The number of hydrogen-bond donors (Lipinski definition) is 1. The normalized spacial score (nSPS) is 15.5. The van der Waals surface area contributed by atoms with Crippen molar-refractivity contribution in [2.24, 2.45) is 0 Å². The standard InChI is InChI=1S/C22H28N2O4S/c1-17-7-12-20(29(26,27)24-13-5-3-4-6-14-24)15-21(17)22(25)23-16-18-8-10-19(28-2)11-9-18/h7-12,15H,3-6,13-14,16H2,1-2H3,(H,23,25). The number of hydrogen-bond acceptors (Lipinski definition) is 4. The van der Waals surface area contributed by atoms with Crippen molar-refractivity contribution in [3.05, 3.63) is 59.2 Å². The van der Waals surface area contributed by atoms with Gasteiger partial charge in [-0.1, -0.05) is 31.0 Å². The van der Waals surface area contributed by atoms with Gasteiger partial charge in [-0.3, -0.25) is 4.79 Å². The molecule has 0 radical (unpaired) electrons. The summed E-state index contributed by atoms with van der Waals surface area (Å²) in [5, 5.41) is 2.87. The highest BCUT2D eigenvalue weighted by molar-refractivity contribution is 7.89. The maximum atomic E-state index is 13.0. The third kappa shape index (κ3) is 5.16. The summed E-state index contributed by atoms with van der Waals surface area (Å²) in [5.41, 5.74) is 2.06. The summed E-state index contributed by atoms with van der Waals surface area (Å²) >= 11 is 0. The van der Waals surface area contributed by atoms with Crippen LogP contribution in [-0.2, 0) is 16.6 Å². The van der Waals surface area contributed by atoms with E-state index in [4.69, 9.17) is 4.74 Å². The first-order valence-corrected chi connectivity index (χ1v) is 11.4. The molecular weight excluding hydrogens is 388 g/mol. The monoisotopic (exact) mass is 416 g/mol. The van der Waals surface area contributed by atoms with E-state index in [0.29, 0.717) is 25.2 Å². The van der Waals surface area contributed by atoms with Gasteiger partial charge in [-0.05, 0) is 55.2 Å². The summed E-state index contributed by atoms with van der Waals surface area (Å²) in [6.07, 6.45) is 3.86. The Hall–Kier alpha value is -2.38. The summed E-state index contributed by atoms with van der Waals surface area (Å²) in [7, 11) is -1.99. The molecule has 0 unspecified atom stereocenters. The molecule has 1 heterocycles.